The van der Waals surface area contributed by atoms with Gasteiger partial charge in [-0.3, -0.25) is 9.59 Å². The van der Waals surface area contributed by atoms with Crippen molar-refractivity contribution in [3.05, 3.63) is 48.0 Å². The fraction of sp³-hybridized carbons (Fsp3) is 0.450. The number of allylic oxidation sites excluding steroid dienone is 1. The Morgan fingerprint density at radius 2 is 1.89 bits per heavy atom. The van der Waals surface area contributed by atoms with E-state index in [9.17, 15) is 14.4 Å². The second kappa shape index (κ2) is 9.43. The van der Waals surface area contributed by atoms with Gasteiger partial charge in [-0.1, -0.05) is 30.4 Å². The van der Waals surface area contributed by atoms with E-state index < -0.39 is 17.7 Å². The van der Waals surface area contributed by atoms with Gasteiger partial charge in [-0.2, -0.15) is 0 Å². The van der Waals surface area contributed by atoms with Crippen molar-refractivity contribution in [3.8, 4) is 0 Å². The lowest BCUT2D eigenvalue weighted by molar-refractivity contribution is -0.272. The zero-order chi connectivity index (χ0) is 19.9. The molecule has 7 nitrogen and oxygen atoms in total. The molecule has 1 amide bonds. The first-order valence-corrected chi connectivity index (χ1v) is 8.85. The molecule has 1 saturated heterocycles. The number of carbonyl (C=O) groups excluding carboxylic acids is 2. The maximum Gasteiger partial charge on any atom is 0.364 e. The van der Waals surface area contributed by atoms with E-state index in [2.05, 4.69) is 5.32 Å². The maximum atomic E-state index is 11.9. The number of nitrogens with one attached hydrogen (secondary N) is 1. The summed E-state index contributed by atoms with van der Waals surface area (Å²) in [5, 5.41) is 11.9. The molecule has 0 bridgehead atoms. The van der Waals surface area contributed by atoms with Gasteiger partial charge in [-0.05, 0) is 25.5 Å². The molecule has 27 heavy (non-hydrogen) atoms. The summed E-state index contributed by atoms with van der Waals surface area (Å²) in [6.45, 7) is 3.53. The van der Waals surface area contributed by atoms with E-state index in [-0.39, 0.29) is 30.8 Å². The number of Topliss-reactive ketones (excluding diaryl/α,β-unsaturated/α-hetero) is 1. The SMILES string of the molecule is CC(=O)C(/C=C/CCNC(=O)c1ccccc1)[C@H]1CO[C@@](C)(C(=O)O)OC1. The number of aliphatic carboxylic acids is 1. The lowest BCUT2D eigenvalue weighted by Crippen LogP contribution is -2.49. The van der Waals surface area contributed by atoms with Crippen LogP contribution in [0.1, 0.15) is 30.6 Å². The summed E-state index contributed by atoms with van der Waals surface area (Å²) in [7, 11) is 0. The molecule has 1 aliphatic rings. The highest BCUT2D eigenvalue weighted by Gasteiger charge is 2.42. The molecular formula is C20H25NO6. The van der Waals surface area contributed by atoms with E-state index in [4.69, 9.17) is 14.6 Å². The molecule has 2 N–H and O–H groups in total. The summed E-state index contributed by atoms with van der Waals surface area (Å²) in [6.07, 6.45) is 4.18. The van der Waals surface area contributed by atoms with Gasteiger partial charge in [0.1, 0.15) is 5.78 Å². The monoisotopic (exact) mass is 375 g/mol. The molecule has 146 valence electrons. The number of ketones is 1. The van der Waals surface area contributed by atoms with Crippen LogP contribution in [0.25, 0.3) is 0 Å². The fourth-order valence-electron chi connectivity index (χ4n) is 2.78. The van der Waals surface area contributed by atoms with E-state index in [0.29, 0.717) is 18.5 Å². The second-order valence-electron chi connectivity index (χ2n) is 6.61. The minimum Gasteiger partial charge on any atom is -0.477 e. The second-order valence-corrected chi connectivity index (χ2v) is 6.61. The number of carboxylic acids is 1. The van der Waals surface area contributed by atoms with E-state index >= 15 is 0 Å². The highest BCUT2D eigenvalue weighted by atomic mass is 16.7. The van der Waals surface area contributed by atoms with Gasteiger partial charge in [0.2, 0.25) is 0 Å². The number of hydrogen-bond acceptors (Lipinski definition) is 5. The Hall–Kier alpha value is -2.51. The Labute approximate surface area is 158 Å². The molecule has 1 aliphatic heterocycles. The predicted molar refractivity (Wildman–Crippen MR) is 98.1 cm³/mol. The van der Waals surface area contributed by atoms with E-state index in [1.165, 1.54) is 13.8 Å². The van der Waals surface area contributed by atoms with Crippen molar-refractivity contribution in [3.63, 3.8) is 0 Å². The standard InChI is InChI=1S/C20H25NO6/c1-14(22)17(16-12-26-20(2,19(24)25)27-13-16)10-6-7-11-21-18(23)15-8-4-3-5-9-15/h3-6,8-10,16-17H,7,11-13H2,1-2H3,(H,21,23)(H,24,25)/b10-6+/t16-,17?,20+. The number of carbonyl (C=O) groups is 3. The zero-order valence-corrected chi connectivity index (χ0v) is 15.5. The lowest BCUT2D eigenvalue weighted by atomic mass is 9.89. The summed E-state index contributed by atoms with van der Waals surface area (Å²) in [6, 6.07) is 8.93. The Balaban J connectivity index is 1.81. The topological polar surface area (TPSA) is 102 Å². The smallest absolute Gasteiger partial charge is 0.364 e. The summed E-state index contributed by atoms with van der Waals surface area (Å²) >= 11 is 0. The molecule has 1 aromatic rings. The summed E-state index contributed by atoms with van der Waals surface area (Å²) in [4.78, 5) is 35.0. The highest BCUT2D eigenvalue weighted by Crippen LogP contribution is 2.27. The Morgan fingerprint density at radius 3 is 2.44 bits per heavy atom. The van der Waals surface area contributed by atoms with Gasteiger partial charge in [0.15, 0.2) is 0 Å². The van der Waals surface area contributed by atoms with Crippen molar-refractivity contribution in [2.75, 3.05) is 19.8 Å². The molecule has 1 fully saturated rings. The van der Waals surface area contributed by atoms with Gasteiger partial charge >= 0.3 is 5.97 Å². The number of hydrogen-bond donors (Lipinski definition) is 2. The number of carboxylic acid groups (broad SMARTS) is 1. The molecule has 7 heteroatoms. The maximum absolute atomic E-state index is 11.9. The molecule has 0 aromatic heterocycles. The molecular weight excluding hydrogens is 350 g/mol. The molecule has 1 atom stereocenters. The number of benzene rings is 1. The average Bonchev–Trinajstić information content (AvgIpc) is 2.66. The quantitative estimate of drug-likeness (QED) is 0.532. The highest BCUT2D eigenvalue weighted by molar-refractivity contribution is 5.94. The molecule has 1 heterocycles. The first kappa shape index (κ1) is 20.8. The van der Waals surface area contributed by atoms with Gasteiger partial charge in [0.25, 0.3) is 11.7 Å². The molecule has 0 aliphatic carbocycles. The van der Waals surface area contributed by atoms with Crippen LogP contribution in [0, 0.1) is 11.8 Å². The van der Waals surface area contributed by atoms with Crippen LogP contribution in [0.2, 0.25) is 0 Å². The normalized spacial score (nSPS) is 23.7. The Kier molecular flexibility index (Phi) is 7.27. The van der Waals surface area contributed by atoms with Crippen LogP contribution in [0.4, 0.5) is 0 Å². The van der Waals surface area contributed by atoms with Crippen molar-refractivity contribution >= 4 is 17.7 Å². The van der Waals surface area contributed by atoms with Crippen molar-refractivity contribution in [2.24, 2.45) is 11.8 Å². The van der Waals surface area contributed by atoms with Crippen LogP contribution in [0.15, 0.2) is 42.5 Å². The van der Waals surface area contributed by atoms with E-state index in [1.54, 1.807) is 30.3 Å². The van der Waals surface area contributed by atoms with Crippen LogP contribution in [0.3, 0.4) is 0 Å². The third-order valence-corrected chi connectivity index (χ3v) is 4.49. The van der Waals surface area contributed by atoms with Crippen molar-refractivity contribution < 1.29 is 29.0 Å². The fourth-order valence-corrected chi connectivity index (χ4v) is 2.78. The van der Waals surface area contributed by atoms with Crippen LogP contribution >= 0.6 is 0 Å². The minimum absolute atomic E-state index is 0.0456. The van der Waals surface area contributed by atoms with Gasteiger partial charge in [-0.15, -0.1) is 0 Å². The van der Waals surface area contributed by atoms with Crippen molar-refractivity contribution in [1.29, 1.82) is 0 Å². The van der Waals surface area contributed by atoms with Gasteiger partial charge < -0.3 is 19.9 Å². The predicted octanol–water partition coefficient (Wildman–Crippen LogP) is 2.03. The third-order valence-electron chi connectivity index (χ3n) is 4.49. The molecule has 0 radical (unpaired) electrons. The number of amides is 1. The zero-order valence-electron chi connectivity index (χ0n) is 15.5. The largest absolute Gasteiger partial charge is 0.477 e. The third kappa shape index (κ3) is 5.74. The van der Waals surface area contributed by atoms with Crippen LogP contribution in [-0.2, 0) is 19.1 Å². The first-order valence-electron chi connectivity index (χ1n) is 8.85. The lowest BCUT2D eigenvalue weighted by Gasteiger charge is -2.36. The molecule has 2 rings (SSSR count). The van der Waals surface area contributed by atoms with Gasteiger partial charge in [0, 0.05) is 30.9 Å². The van der Waals surface area contributed by atoms with Crippen LogP contribution in [0.5, 0.6) is 0 Å². The minimum atomic E-state index is -1.66. The summed E-state index contributed by atoms with van der Waals surface area (Å²) < 4.78 is 10.6. The number of ether oxygens (including phenoxy) is 2. The van der Waals surface area contributed by atoms with Gasteiger partial charge in [0.05, 0.1) is 13.2 Å². The summed E-state index contributed by atoms with van der Waals surface area (Å²) in [5.41, 5.74) is 0.598. The Morgan fingerprint density at radius 1 is 1.26 bits per heavy atom. The molecule has 1 unspecified atom stereocenters. The van der Waals surface area contributed by atoms with Crippen molar-refractivity contribution in [1.82, 2.24) is 5.32 Å². The average molecular weight is 375 g/mol. The van der Waals surface area contributed by atoms with Gasteiger partial charge in [-0.25, -0.2) is 4.79 Å². The van der Waals surface area contributed by atoms with Crippen LogP contribution in [-0.4, -0.2) is 48.3 Å². The number of rotatable bonds is 8. The van der Waals surface area contributed by atoms with Crippen molar-refractivity contribution in [2.45, 2.75) is 26.1 Å². The summed E-state index contributed by atoms with van der Waals surface area (Å²) in [5.74, 6) is -3.71. The molecule has 1 aromatic carbocycles. The Bertz CT molecular complexity index is 692. The molecule has 0 saturated carbocycles. The van der Waals surface area contributed by atoms with E-state index in [1.807, 2.05) is 12.1 Å². The molecule has 0 spiro atoms. The first-order chi connectivity index (χ1) is 12.8. The van der Waals surface area contributed by atoms with E-state index in [0.717, 1.165) is 0 Å². The van der Waals surface area contributed by atoms with Crippen LogP contribution < -0.4 is 5.32 Å².